The van der Waals surface area contributed by atoms with Crippen molar-refractivity contribution in [3.63, 3.8) is 0 Å². The van der Waals surface area contributed by atoms with Crippen molar-refractivity contribution in [1.82, 2.24) is 0 Å². The van der Waals surface area contributed by atoms with Crippen LogP contribution in [0.15, 0.2) is 84.9 Å². The first kappa shape index (κ1) is 71.2. The number of nitriles is 1. The molecule has 0 atom stereocenters. The molecule has 40 heteroatoms. The Kier molecular flexibility index (Phi) is 16.7. The van der Waals surface area contributed by atoms with E-state index in [-0.39, 0.29) is 24.3 Å². The van der Waals surface area contributed by atoms with Crippen molar-refractivity contribution in [2.75, 3.05) is 0 Å². The van der Waals surface area contributed by atoms with Gasteiger partial charge >= 0.3 is 74.1 Å². The van der Waals surface area contributed by atoms with Gasteiger partial charge in [0.15, 0.2) is 5.69 Å². The second kappa shape index (κ2) is 22.0. The van der Waals surface area contributed by atoms with Gasteiger partial charge < -0.3 is 0 Å². The molecule has 498 valence electrons. The molecule has 2 nitrogen and oxygen atoms in total. The third-order valence-electron chi connectivity index (χ3n) is 14.4. The van der Waals surface area contributed by atoms with E-state index in [1.807, 2.05) is 0 Å². The number of hydrogen-bond donors (Lipinski definition) is 0. The minimum absolute atomic E-state index is 0.202. The molecular weight excluding hydrogens is 1380 g/mol. The lowest BCUT2D eigenvalue weighted by Crippen LogP contribution is -2.60. The predicted octanol–water partition coefficient (Wildman–Crippen LogP) is 18.3. The molecule has 0 saturated carbocycles. The van der Waals surface area contributed by atoms with Crippen LogP contribution >= 0.6 is 0 Å². The molecule has 0 bridgehead atoms. The van der Waals surface area contributed by atoms with E-state index < -0.39 is 279 Å². The lowest BCUT2D eigenvalue weighted by atomic mass is 9.32. The average Bonchev–Trinajstić information content (AvgIpc) is 0.703. The molecule has 94 heavy (non-hydrogen) atoms. The quantitative estimate of drug-likeness (QED) is 0.0706. The summed E-state index contributed by atoms with van der Waals surface area (Å²) < 4.78 is 544. The molecule has 0 heterocycles. The van der Waals surface area contributed by atoms with E-state index in [2.05, 4.69) is 4.85 Å². The molecule has 0 aliphatic carbocycles. The van der Waals surface area contributed by atoms with Crippen molar-refractivity contribution in [3.05, 3.63) is 169 Å². The van der Waals surface area contributed by atoms with Crippen molar-refractivity contribution < 1.29 is 158 Å². The average molecular weight is 1400 g/mol. The predicted molar refractivity (Wildman–Crippen MR) is 256 cm³/mol. The van der Waals surface area contributed by atoms with E-state index in [4.69, 9.17) is 6.57 Å². The van der Waals surface area contributed by atoms with Gasteiger partial charge in [0.05, 0.1) is 85.0 Å². The molecule has 0 saturated heterocycles. The van der Waals surface area contributed by atoms with Gasteiger partial charge in [0.25, 0.3) is 0 Å². The minimum atomic E-state index is -6.97. The van der Waals surface area contributed by atoms with E-state index in [0.717, 1.165) is 6.07 Å². The lowest BCUT2D eigenvalue weighted by Gasteiger charge is -2.32. The fourth-order valence-corrected chi connectivity index (χ4v) is 11.0. The highest BCUT2D eigenvalue weighted by atomic mass is 19.5. The normalized spacial score (nSPS) is 13.9. The van der Waals surface area contributed by atoms with E-state index >= 15 is 105 Å². The molecule has 8 aromatic carbocycles. The van der Waals surface area contributed by atoms with Crippen LogP contribution in [-0.2, 0) is 74.1 Å². The van der Waals surface area contributed by atoms with Crippen molar-refractivity contribution in [2.24, 2.45) is 0 Å². The van der Waals surface area contributed by atoms with Crippen LogP contribution in [0, 0.1) is 17.9 Å². The Morgan fingerprint density at radius 2 is 0.479 bits per heavy atom. The van der Waals surface area contributed by atoms with Crippen molar-refractivity contribution in [3.8, 4) is 6.07 Å². The Morgan fingerprint density at radius 1 is 0.277 bits per heavy atom. The monoisotopic (exact) mass is 1400 g/mol. The Labute approximate surface area is 495 Å². The first-order valence-electron chi connectivity index (χ1n) is 24.3. The summed E-state index contributed by atoms with van der Waals surface area (Å²) in [4.78, 5) is 2.80. The molecule has 0 aliphatic rings. The molecule has 0 N–H and O–H groups in total. The Hall–Kier alpha value is -8.61. The van der Waals surface area contributed by atoms with Crippen LogP contribution in [0.4, 0.5) is 164 Å². The molecule has 0 radical (unpaired) electrons. The first-order valence-corrected chi connectivity index (χ1v) is 24.3. The van der Waals surface area contributed by atoms with E-state index in [0.29, 0.717) is 12.1 Å². The highest BCUT2D eigenvalue weighted by Crippen LogP contribution is 2.49. The third kappa shape index (κ3) is 12.9. The van der Waals surface area contributed by atoms with E-state index in [9.17, 15) is 57.9 Å². The van der Waals surface area contributed by atoms with Crippen molar-refractivity contribution in [1.29, 1.82) is 5.26 Å². The van der Waals surface area contributed by atoms with Gasteiger partial charge in [0, 0.05) is 5.39 Å². The van der Waals surface area contributed by atoms with Crippen LogP contribution in [0.3, 0.4) is 0 Å². The molecular formula is C54H14B2F36N2. The number of alkyl halides is 36. The summed E-state index contributed by atoms with van der Waals surface area (Å²) in [5.74, 6) is 0. The lowest BCUT2D eigenvalue weighted by molar-refractivity contribution is -0.150. The Morgan fingerprint density at radius 3 is 0.681 bits per heavy atom. The molecule has 0 spiro atoms. The fourth-order valence-electron chi connectivity index (χ4n) is 11.0. The highest BCUT2D eigenvalue weighted by molar-refractivity contribution is 6.99. The number of nitrogens with zero attached hydrogens (tertiary/aromatic N) is 2. The van der Waals surface area contributed by atoms with E-state index in [1.54, 1.807) is 0 Å². The zero-order valence-electron chi connectivity index (χ0n) is 43.7. The largest absolute Gasteiger partial charge is 0.416 e. The molecule has 0 fully saturated rings. The topological polar surface area (TPSA) is 28.1 Å². The number of hydrogen-bond acceptors (Lipinski definition) is 1. The summed E-state index contributed by atoms with van der Waals surface area (Å²) in [5.41, 5.74) is -61.8. The first-order chi connectivity index (χ1) is 42.2. The van der Waals surface area contributed by atoms with Gasteiger partial charge in [0.2, 0.25) is 13.4 Å². The van der Waals surface area contributed by atoms with Crippen LogP contribution in [0.5, 0.6) is 0 Å². The SMILES string of the molecule is [C-]#[N+]c1cc(B(c2c(C(F)(F)F)cc(C(F)(F)F)cc2C(F)(F)F)c2c(C(F)(F)F)cc(C(F)(F)F)cc2C(F)(F)F)c2ccc3c(B(c4c(C(F)(F)F)cc(C(F)(F)F)cc4C(F)(F)F)c4c(C(F)(F)F)cc(C(F)(F)F)cc4C(F)(F)F)cc(C#N)c4ccc1c2c43. The summed E-state index contributed by atoms with van der Waals surface area (Å²) in [6.07, 6.45) is -81.6. The summed E-state index contributed by atoms with van der Waals surface area (Å²) >= 11 is 0. The second-order valence-electron chi connectivity index (χ2n) is 20.1. The maximum atomic E-state index is 15.5. The maximum absolute atomic E-state index is 15.5. The van der Waals surface area contributed by atoms with Gasteiger partial charge in [-0.1, -0.05) is 41.3 Å². The van der Waals surface area contributed by atoms with Crippen LogP contribution in [0.2, 0.25) is 0 Å². The Balaban J connectivity index is 1.79. The molecule has 8 aromatic rings. The molecule has 0 aromatic heterocycles. The second-order valence-corrected chi connectivity index (χ2v) is 20.1. The third-order valence-corrected chi connectivity index (χ3v) is 14.4. The number of halogens is 36. The summed E-state index contributed by atoms with van der Waals surface area (Å²) in [6, 6.07) is -10.2. The van der Waals surface area contributed by atoms with Gasteiger partial charge in [-0.15, -0.1) is 0 Å². The maximum Gasteiger partial charge on any atom is 0.416 e. The van der Waals surface area contributed by atoms with E-state index in [1.165, 1.54) is 0 Å². The Bertz CT molecular complexity index is 3840. The zero-order valence-corrected chi connectivity index (χ0v) is 43.7. The smallest absolute Gasteiger partial charge is 0.238 e. The van der Waals surface area contributed by atoms with Crippen LogP contribution in [0.25, 0.3) is 37.2 Å². The summed E-state index contributed by atoms with van der Waals surface area (Å²) in [5, 5.41) is 1.38. The summed E-state index contributed by atoms with van der Waals surface area (Å²) in [7, 11) is 0. The van der Waals surface area contributed by atoms with Gasteiger partial charge in [-0.05, 0) is 103 Å². The molecule has 0 unspecified atom stereocenters. The van der Waals surface area contributed by atoms with Crippen LogP contribution in [0.1, 0.15) is 72.3 Å². The number of benzene rings is 8. The molecule has 0 amide bonds. The van der Waals surface area contributed by atoms with Gasteiger partial charge in [-0.2, -0.15) is 163 Å². The standard InChI is InChI=1S/C54H14B2F36N2/c1-94-36-15-35(56(41-30(51(81,82)83)11-20(45(63,64)65)12-31(41)52(84,85)86)42-32(53(87,88)89)13-21(46(66,67)68)14-33(42)54(90,91)92)24-4-3-23-34(6-17(16-93)22-2-5-25(36)38(24)37(22)23)55(39-26(47(69,70)71)7-18(43(57,58)59)8-27(39)48(72,73)74)40-28(49(75,76)77)9-19(44(60,61)62)10-29(40)50(78,79)80/h2-15H. The van der Waals surface area contributed by atoms with Crippen LogP contribution < -0.4 is 32.8 Å². The van der Waals surface area contributed by atoms with Gasteiger partial charge in [-0.3, -0.25) is 0 Å². The van der Waals surface area contributed by atoms with Gasteiger partial charge in [0.1, 0.15) is 0 Å². The fraction of sp³-hybridized carbons (Fsp3) is 0.222. The highest BCUT2D eigenvalue weighted by Gasteiger charge is 2.56. The van der Waals surface area contributed by atoms with Crippen molar-refractivity contribution >= 4 is 84.2 Å². The van der Waals surface area contributed by atoms with Crippen LogP contribution in [-0.4, -0.2) is 13.4 Å². The van der Waals surface area contributed by atoms with Gasteiger partial charge in [-0.25, -0.2) is 4.85 Å². The molecule has 0 aliphatic heterocycles. The number of rotatable bonds is 6. The van der Waals surface area contributed by atoms with Crippen molar-refractivity contribution in [2.45, 2.75) is 74.1 Å². The summed E-state index contributed by atoms with van der Waals surface area (Å²) in [6.45, 7) is -1.30. The zero-order chi connectivity index (χ0) is 71.5. The minimum Gasteiger partial charge on any atom is -0.238 e. The molecule has 8 rings (SSSR count).